The second kappa shape index (κ2) is 11.7. The van der Waals surface area contributed by atoms with Crippen molar-refractivity contribution in [3.8, 4) is 5.75 Å². The fourth-order valence-corrected chi connectivity index (χ4v) is 4.66. The van der Waals surface area contributed by atoms with Crippen molar-refractivity contribution in [3.63, 3.8) is 0 Å². The molecule has 3 nitrogen and oxygen atoms in total. The SMILES string of the molecule is COc1ccccc1[C@@H](C)Cc1cccc([C@@H](C)CC2CN(CCC(C)C)CCO2)c1. The normalized spacial score (nSPS) is 19.4. The molecule has 0 spiro atoms. The lowest BCUT2D eigenvalue weighted by atomic mass is 9.89. The van der Waals surface area contributed by atoms with Crippen LogP contribution in [0.15, 0.2) is 48.5 Å². The van der Waals surface area contributed by atoms with Crippen molar-refractivity contribution in [2.45, 2.75) is 64.9 Å². The molecule has 0 bridgehead atoms. The van der Waals surface area contributed by atoms with E-state index < -0.39 is 0 Å². The molecule has 31 heavy (non-hydrogen) atoms. The van der Waals surface area contributed by atoms with E-state index in [2.05, 4.69) is 75.1 Å². The van der Waals surface area contributed by atoms with Gasteiger partial charge in [0.15, 0.2) is 0 Å². The highest BCUT2D eigenvalue weighted by atomic mass is 16.5. The van der Waals surface area contributed by atoms with E-state index in [0.717, 1.165) is 44.2 Å². The van der Waals surface area contributed by atoms with Crippen molar-refractivity contribution in [1.82, 2.24) is 4.90 Å². The van der Waals surface area contributed by atoms with E-state index in [4.69, 9.17) is 9.47 Å². The topological polar surface area (TPSA) is 21.7 Å². The first-order valence-electron chi connectivity index (χ1n) is 12.0. The number of morpholine rings is 1. The third-order valence-electron chi connectivity index (χ3n) is 6.59. The minimum atomic E-state index is 0.340. The van der Waals surface area contributed by atoms with Gasteiger partial charge in [-0.3, -0.25) is 4.90 Å². The van der Waals surface area contributed by atoms with Crippen LogP contribution in [0.2, 0.25) is 0 Å². The van der Waals surface area contributed by atoms with Crippen LogP contribution < -0.4 is 4.74 Å². The number of methoxy groups -OCH3 is 1. The molecular formula is C28H41NO2. The smallest absolute Gasteiger partial charge is 0.122 e. The molecule has 2 aromatic rings. The van der Waals surface area contributed by atoms with Gasteiger partial charge in [0.25, 0.3) is 0 Å². The van der Waals surface area contributed by atoms with Crippen LogP contribution in [-0.2, 0) is 11.2 Å². The summed E-state index contributed by atoms with van der Waals surface area (Å²) in [7, 11) is 1.76. The predicted molar refractivity (Wildman–Crippen MR) is 130 cm³/mol. The van der Waals surface area contributed by atoms with E-state index in [-0.39, 0.29) is 0 Å². The third-order valence-corrected chi connectivity index (χ3v) is 6.59. The van der Waals surface area contributed by atoms with E-state index in [9.17, 15) is 0 Å². The highest BCUT2D eigenvalue weighted by Gasteiger charge is 2.23. The summed E-state index contributed by atoms with van der Waals surface area (Å²) in [6.07, 6.45) is 3.72. The first-order chi connectivity index (χ1) is 15.0. The van der Waals surface area contributed by atoms with Crippen molar-refractivity contribution in [2.24, 2.45) is 5.92 Å². The Balaban J connectivity index is 1.59. The molecule has 170 valence electrons. The van der Waals surface area contributed by atoms with Crippen LogP contribution in [0.3, 0.4) is 0 Å². The first-order valence-corrected chi connectivity index (χ1v) is 12.0. The molecule has 1 heterocycles. The second-order valence-electron chi connectivity index (χ2n) is 9.70. The quantitative estimate of drug-likeness (QED) is 0.449. The zero-order valence-electron chi connectivity index (χ0n) is 20.1. The molecule has 0 saturated carbocycles. The van der Waals surface area contributed by atoms with Gasteiger partial charge in [0.1, 0.15) is 5.75 Å². The molecule has 0 aromatic heterocycles. The van der Waals surface area contributed by atoms with Crippen molar-refractivity contribution < 1.29 is 9.47 Å². The fraction of sp³-hybridized carbons (Fsp3) is 0.571. The summed E-state index contributed by atoms with van der Waals surface area (Å²) in [4.78, 5) is 2.59. The summed E-state index contributed by atoms with van der Waals surface area (Å²) in [6.45, 7) is 13.5. The lowest BCUT2D eigenvalue weighted by molar-refractivity contribution is -0.0354. The number of nitrogens with zero attached hydrogens (tertiary/aromatic N) is 1. The maximum atomic E-state index is 6.13. The average molecular weight is 424 g/mol. The summed E-state index contributed by atoms with van der Waals surface area (Å²) in [6, 6.07) is 17.5. The van der Waals surface area contributed by atoms with Gasteiger partial charge in [-0.25, -0.2) is 0 Å². The number of para-hydroxylation sites is 1. The summed E-state index contributed by atoms with van der Waals surface area (Å²) >= 11 is 0. The summed E-state index contributed by atoms with van der Waals surface area (Å²) in [5, 5.41) is 0. The molecule has 3 rings (SSSR count). The Bertz CT molecular complexity index is 803. The van der Waals surface area contributed by atoms with Gasteiger partial charge in [0.05, 0.1) is 19.8 Å². The van der Waals surface area contributed by atoms with E-state index in [1.54, 1.807) is 7.11 Å². The first kappa shape index (κ1) is 23.8. The monoisotopic (exact) mass is 423 g/mol. The fourth-order valence-electron chi connectivity index (χ4n) is 4.66. The summed E-state index contributed by atoms with van der Waals surface area (Å²) < 4.78 is 11.7. The van der Waals surface area contributed by atoms with Crippen LogP contribution in [-0.4, -0.2) is 44.4 Å². The highest BCUT2D eigenvalue weighted by Crippen LogP contribution is 2.30. The molecule has 1 saturated heterocycles. The Morgan fingerprint density at radius 1 is 1.03 bits per heavy atom. The van der Waals surface area contributed by atoms with Crippen molar-refractivity contribution in [3.05, 3.63) is 65.2 Å². The van der Waals surface area contributed by atoms with E-state index in [0.29, 0.717) is 17.9 Å². The minimum absolute atomic E-state index is 0.340. The highest BCUT2D eigenvalue weighted by molar-refractivity contribution is 5.37. The molecular weight excluding hydrogens is 382 g/mol. The van der Waals surface area contributed by atoms with Crippen molar-refractivity contribution in [1.29, 1.82) is 0 Å². The van der Waals surface area contributed by atoms with Crippen molar-refractivity contribution >= 4 is 0 Å². The van der Waals surface area contributed by atoms with E-state index in [1.807, 2.05) is 6.07 Å². The Kier molecular flexibility index (Phi) is 8.98. The molecule has 3 heteroatoms. The van der Waals surface area contributed by atoms with Crippen LogP contribution in [0.1, 0.15) is 69.1 Å². The van der Waals surface area contributed by atoms with Gasteiger partial charge >= 0.3 is 0 Å². The number of ether oxygens (including phenoxy) is 2. The summed E-state index contributed by atoms with van der Waals surface area (Å²) in [5.41, 5.74) is 4.10. The van der Waals surface area contributed by atoms with Gasteiger partial charge < -0.3 is 9.47 Å². The van der Waals surface area contributed by atoms with Gasteiger partial charge in [-0.2, -0.15) is 0 Å². The minimum Gasteiger partial charge on any atom is -0.496 e. The number of benzene rings is 2. The third kappa shape index (κ3) is 7.08. The van der Waals surface area contributed by atoms with E-state index >= 15 is 0 Å². The maximum absolute atomic E-state index is 6.13. The average Bonchev–Trinajstić information content (AvgIpc) is 2.78. The molecule has 0 amide bonds. The van der Waals surface area contributed by atoms with Crippen molar-refractivity contribution in [2.75, 3.05) is 33.4 Å². The number of hydrogen-bond acceptors (Lipinski definition) is 3. The number of rotatable bonds is 10. The lowest BCUT2D eigenvalue weighted by Crippen LogP contribution is -2.43. The molecule has 2 aromatic carbocycles. The zero-order chi connectivity index (χ0) is 22.2. The zero-order valence-corrected chi connectivity index (χ0v) is 20.1. The second-order valence-corrected chi connectivity index (χ2v) is 9.70. The van der Waals surface area contributed by atoms with Gasteiger partial charge in [0.2, 0.25) is 0 Å². The predicted octanol–water partition coefficient (Wildman–Crippen LogP) is 6.28. The Morgan fingerprint density at radius 3 is 2.61 bits per heavy atom. The lowest BCUT2D eigenvalue weighted by Gasteiger charge is -2.34. The van der Waals surface area contributed by atoms with Crippen LogP contribution in [0.5, 0.6) is 5.75 Å². The Morgan fingerprint density at radius 2 is 1.84 bits per heavy atom. The standard InChI is InChI=1S/C28H41NO2/c1-21(2)13-14-29-15-16-31-26(20-29)18-22(3)25-10-8-9-24(19-25)17-23(4)27-11-6-7-12-28(27)30-5/h6-12,19,21-23,26H,13-18,20H2,1-5H3/t22-,23-,26?/m0/s1. The van der Waals surface area contributed by atoms with Gasteiger partial charge in [-0.1, -0.05) is 70.2 Å². The van der Waals surface area contributed by atoms with E-state index in [1.165, 1.54) is 29.7 Å². The van der Waals surface area contributed by atoms with Crippen LogP contribution in [0.4, 0.5) is 0 Å². The molecule has 0 radical (unpaired) electrons. The molecule has 3 atom stereocenters. The molecule has 0 aliphatic carbocycles. The summed E-state index contributed by atoms with van der Waals surface area (Å²) in [5.74, 6) is 2.66. The van der Waals surface area contributed by atoms with Crippen LogP contribution in [0.25, 0.3) is 0 Å². The number of hydrogen-bond donors (Lipinski definition) is 0. The molecule has 1 aliphatic heterocycles. The molecule has 1 unspecified atom stereocenters. The maximum Gasteiger partial charge on any atom is 0.122 e. The van der Waals surface area contributed by atoms with Crippen LogP contribution in [0, 0.1) is 5.92 Å². The molecule has 0 N–H and O–H groups in total. The van der Waals surface area contributed by atoms with Crippen LogP contribution >= 0.6 is 0 Å². The Labute approximate surface area is 189 Å². The van der Waals surface area contributed by atoms with Gasteiger partial charge in [-0.05, 0) is 66.3 Å². The van der Waals surface area contributed by atoms with Gasteiger partial charge in [0, 0.05) is 13.1 Å². The largest absolute Gasteiger partial charge is 0.496 e. The Hall–Kier alpha value is -1.84. The molecule has 1 aliphatic rings. The molecule has 1 fully saturated rings. The van der Waals surface area contributed by atoms with Gasteiger partial charge in [-0.15, -0.1) is 0 Å².